The van der Waals surface area contributed by atoms with Crippen LogP contribution in [0.1, 0.15) is 21.6 Å². The van der Waals surface area contributed by atoms with E-state index in [-0.39, 0.29) is 12.1 Å². The van der Waals surface area contributed by atoms with Crippen LogP contribution >= 0.6 is 11.3 Å². The van der Waals surface area contributed by atoms with Crippen LogP contribution < -0.4 is 5.32 Å². The average molecular weight is 363 g/mol. The van der Waals surface area contributed by atoms with E-state index in [2.05, 4.69) is 15.3 Å². The molecule has 2 aromatic heterocycles. The minimum atomic E-state index is -4.42. The van der Waals surface area contributed by atoms with Crippen molar-refractivity contribution in [1.29, 1.82) is 0 Å². The molecule has 0 aliphatic rings. The standard InChI is InChI=1S/C17H12F3N3OS/c18-17(19,20)12-6-4-11(5-7-12)15(24)22-9-13-10-25-16(23-13)14-3-1-2-8-21-14/h1-8,10H,9H2,(H,22,24). The summed E-state index contributed by atoms with van der Waals surface area (Å²) in [5.74, 6) is -0.457. The summed E-state index contributed by atoms with van der Waals surface area (Å²) < 4.78 is 37.6. The normalized spacial score (nSPS) is 11.3. The number of halogens is 3. The molecule has 4 nitrogen and oxygen atoms in total. The van der Waals surface area contributed by atoms with Gasteiger partial charge < -0.3 is 5.32 Å². The number of carbonyl (C=O) groups excluding carboxylic acids is 1. The maximum absolute atomic E-state index is 12.5. The van der Waals surface area contributed by atoms with Gasteiger partial charge in [-0.25, -0.2) is 4.98 Å². The van der Waals surface area contributed by atoms with Gasteiger partial charge in [0.2, 0.25) is 0 Å². The van der Waals surface area contributed by atoms with Crippen LogP contribution in [-0.4, -0.2) is 15.9 Å². The fourth-order valence-electron chi connectivity index (χ4n) is 2.08. The van der Waals surface area contributed by atoms with Crippen molar-refractivity contribution in [2.45, 2.75) is 12.7 Å². The zero-order chi connectivity index (χ0) is 17.9. The van der Waals surface area contributed by atoms with Crippen LogP contribution in [0.3, 0.4) is 0 Å². The topological polar surface area (TPSA) is 54.9 Å². The number of hydrogen-bond acceptors (Lipinski definition) is 4. The van der Waals surface area contributed by atoms with Crippen molar-refractivity contribution in [2.75, 3.05) is 0 Å². The van der Waals surface area contributed by atoms with Crippen LogP contribution in [0.15, 0.2) is 54.0 Å². The third kappa shape index (κ3) is 4.21. The molecular formula is C17H12F3N3OS. The van der Waals surface area contributed by atoms with E-state index in [1.165, 1.54) is 11.3 Å². The van der Waals surface area contributed by atoms with Gasteiger partial charge in [0.05, 0.1) is 23.5 Å². The number of alkyl halides is 3. The molecule has 0 radical (unpaired) electrons. The molecule has 0 saturated carbocycles. The Balaban J connectivity index is 1.62. The molecule has 8 heteroatoms. The van der Waals surface area contributed by atoms with Crippen molar-refractivity contribution in [1.82, 2.24) is 15.3 Å². The fourth-order valence-corrected chi connectivity index (χ4v) is 2.87. The van der Waals surface area contributed by atoms with Gasteiger partial charge in [-0.2, -0.15) is 13.2 Å². The van der Waals surface area contributed by atoms with Crippen molar-refractivity contribution in [3.63, 3.8) is 0 Å². The predicted octanol–water partition coefficient (Wildman–Crippen LogP) is 4.15. The molecule has 0 fully saturated rings. The van der Waals surface area contributed by atoms with Crippen molar-refractivity contribution in [3.8, 4) is 10.7 Å². The van der Waals surface area contributed by atoms with Gasteiger partial charge in [-0.15, -0.1) is 11.3 Å². The first kappa shape index (κ1) is 17.1. The second kappa shape index (κ2) is 7.02. The van der Waals surface area contributed by atoms with E-state index in [1.807, 2.05) is 18.2 Å². The van der Waals surface area contributed by atoms with Crippen molar-refractivity contribution in [3.05, 3.63) is 70.9 Å². The summed E-state index contributed by atoms with van der Waals surface area (Å²) in [6, 6.07) is 9.58. The molecule has 3 rings (SSSR count). The van der Waals surface area contributed by atoms with Gasteiger partial charge in [-0.05, 0) is 36.4 Å². The van der Waals surface area contributed by atoms with E-state index in [1.54, 1.807) is 11.6 Å². The number of aromatic nitrogens is 2. The van der Waals surface area contributed by atoms with Gasteiger partial charge in [0.15, 0.2) is 0 Å². The summed E-state index contributed by atoms with van der Waals surface area (Å²) in [7, 11) is 0. The van der Waals surface area contributed by atoms with Crippen LogP contribution in [-0.2, 0) is 12.7 Å². The number of carbonyl (C=O) groups is 1. The number of nitrogens with zero attached hydrogens (tertiary/aromatic N) is 2. The third-order valence-corrected chi connectivity index (χ3v) is 4.25. The van der Waals surface area contributed by atoms with Gasteiger partial charge in [0, 0.05) is 17.1 Å². The van der Waals surface area contributed by atoms with Gasteiger partial charge in [0.25, 0.3) is 5.91 Å². The lowest BCUT2D eigenvalue weighted by atomic mass is 10.1. The average Bonchev–Trinajstić information content (AvgIpc) is 3.09. The SMILES string of the molecule is O=C(NCc1csc(-c2ccccn2)n1)c1ccc(C(F)(F)F)cc1. The lowest BCUT2D eigenvalue weighted by molar-refractivity contribution is -0.137. The molecule has 0 aliphatic carbocycles. The first-order valence-corrected chi connectivity index (χ1v) is 8.13. The Morgan fingerprint density at radius 1 is 1.12 bits per heavy atom. The molecule has 128 valence electrons. The van der Waals surface area contributed by atoms with Gasteiger partial charge in [-0.1, -0.05) is 6.07 Å². The van der Waals surface area contributed by atoms with E-state index in [9.17, 15) is 18.0 Å². The molecule has 0 bridgehead atoms. The third-order valence-electron chi connectivity index (χ3n) is 3.34. The maximum Gasteiger partial charge on any atom is 0.416 e. The number of rotatable bonds is 4. The highest BCUT2D eigenvalue weighted by Gasteiger charge is 2.30. The quantitative estimate of drug-likeness (QED) is 0.757. The lowest BCUT2D eigenvalue weighted by Gasteiger charge is -2.07. The van der Waals surface area contributed by atoms with Crippen LogP contribution in [0.25, 0.3) is 10.7 Å². The molecule has 0 saturated heterocycles. The highest BCUT2D eigenvalue weighted by Crippen LogP contribution is 2.29. The zero-order valence-electron chi connectivity index (χ0n) is 12.7. The molecule has 2 heterocycles. The second-order valence-corrected chi connectivity index (χ2v) is 5.97. The van der Waals surface area contributed by atoms with E-state index < -0.39 is 17.6 Å². The summed E-state index contributed by atoms with van der Waals surface area (Å²) >= 11 is 1.40. The van der Waals surface area contributed by atoms with Crippen molar-refractivity contribution >= 4 is 17.2 Å². The number of pyridine rings is 1. The summed E-state index contributed by atoms with van der Waals surface area (Å²) in [5.41, 5.74) is 0.774. The molecule has 1 N–H and O–H groups in total. The minimum absolute atomic E-state index is 0.160. The Morgan fingerprint density at radius 3 is 2.52 bits per heavy atom. The second-order valence-electron chi connectivity index (χ2n) is 5.12. The number of benzene rings is 1. The summed E-state index contributed by atoms with van der Waals surface area (Å²) in [5, 5.41) is 5.18. The monoisotopic (exact) mass is 363 g/mol. The Bertz CT molecular complexity index is 861. The molecule has 0 unspecified atom stereocenters. The molecule has 1 amide bonds. The highest BCUT2D eigenvalue weighted by atomic mass is 32.1. The number of hydrogen-bond donors (Lipinski definition) is 1. The first-order valence-electron chi connectivity index (χ1n) is 7.25. The molecule has 0 spiro atoms. The van der Waals surface area contributed by atoms with E-state index in [0.717, 1.165) is 35.0 Å². The Morgan fingerprint density at radius 2 is 1.88 bits per heavy atom. The van der Waals surface area contributed by atoms with Crippen molar-refractivity contribution in [2.24, 2.45) is 0 Å². The minimum Gasteiger partial charge on any atom is -0.346 e. The molecule has 3 aromatic rings. The van der Waals surface area contributed by atoms with Gasteiger partial charge in [-0.3, -0.25) is 9.78 Å². The summed E-state index contributed by atoms with van der Waals surface area (Å²) in [6.45, 7) is 0.184. The number of thiazole rings is 1. The predicted molar refractivity (Wildman–Crippen MR) is 88.0 cm³/mol. The van der Waals surface area contributed by atoms with Crippen LogP contribution in [0.4, 0.5) is 13.2 Å². The molecule has 1 aromatic carbocycles. The van der Waals surface area contributed by atoms with Crippen LogP contribution in [0, 0.1) is 0 Å². The summed E-state index contributed by atoms with van der Waals surface area (Å²) in [4.78, 5) is 20.6. The van der Waals surface area contributed by atoms with Crippen molar-refractivity contribution < 1.29 is 18.0 Å². The largest absolute Gasteiger partial charge is 0.416 e. The van der Waals surface area contributed by atoms with Gasteiger partial charge in [0.1, 0.15) is 5.01 Å². The fraction of sp³-hybridized carbons (Fsp3) is 0.118. The van der Waals surface area contributed by atoms with Crippen LogP contribution in [0.2, 0.25) is 0 Å². The first-order chi connectivity index (χ1) is 11.9. The Kier molecular flexibility index (Phi) is 4.80. The van der Waals surface area contributed by atoms with E-state index >= 15 is 0 Å². The van der Waals surface area contributed by atoms with E-state index in [4.69, 9.17) is 0 Å². The molecule has 0 atom stereocenters. The number of amides is 1. The van der Waals surface area contributed by atoms with Gasteiger partial charge >= 0.3 is 6.18 Å². The molecule has 0 aliphatic heterocycles. The smallest absolute Gasteiger partial charge is 0.346 e. The highest BCUT2D eigenvalue weighted by molar-refractivity contribution is 7.13. The Hall–Kier alpha value is -2.74. The van der Waals surface area contributed by atoms with E-state index in [0.29, 0.717) is 5.69 Å². The summed E-state index contributed by atoms with van der Waals surface area (Å²) in [6.07, 6.45) is -2.75. The molecule has 25 heavy (non-hydrogen) atoms. The lowest BCUT2D eigenvalue weighted by Crippen LogP contribution is -2.23. The number of nitrogens with one attached hydrogen (secondary N) is 1. The van der Waals surface area contributed by atoms with Crippen LogP contribution in [0.5, 0.6) is 0 Å². The Labute approximate surface area is 145 Å². The molecular weight excluding hydrogens is 351 g/mol. The zero-order valence-corrected chi connectivity index (χ0v) is 13.6. The maximum atomic E-state index is 12.5.